The van der Waals surface area contributed by atoms with Crippen LogP contribution < -0.4 is 0 Å². The van der Waals surface area contributed by atoms with Crippen LogP contribution in [0, 0.1) is 0 Å². The van der Waals surface area contributed by atoms with Crippen LogP contribution in [0.4, 0.5) is 5.69 Å². The molecule has 3 rings (SSSR count). The van der Waals surface area contributed by atoms with Crippen molar-refractivity contribution in [1.82, 2.24) is 9.88 Å². The van der Waals surface area contributed by atoms with E-state index < -0.39 is 10.5 Å². The van der Waals surface area contributed by atoms with Gasteiger partial charge in [-0.2, -0.15) is 8.42 Å². The van der Waals surface area contributed by atoms with Crippen LogP contribution in [0.1, 0.15) is 18.4 Å². The summed E-state index contributed by atoms with van der Waals surface area (Å²) >= 11 is 0. The summed E-state index contributed by atoms with van der Waals surface area (Å²) in [4.78, 5) is 5.63. The van der Waals surface area contributed by atoms with Crippen molar-refractivity contribution < 1.29 is 8.42 Å². The number of aromatic amines is 1. The van der Waals surface area contributed by atoms with Crippen LogP contribution in [0.5, 0.6) is 0 Å². The molecule has 0 spiro atoms. The standard InChI is InChI=1S/C14H17N3O2S/c1-17-6-2-3-12(17)7-10-9-15-14-5-4-11(8-13(10)14)16-20(18)19/h4-5,8-9,12,15H,2-3,6-7H2,1H3. The van der Waals surface area contributed by atoms with Crippen molar-refractivity contribution in [3.05, 3.63) is 30.0 Å². The van der Waals surface area contributed by atoms with E-state index >= 15 is 0 Å². The number of rotatable bonds is 3. The number of hydrogen-bond donors (Lipinski definition) is 1. The lowest BCUT2D eigenvalue weighted by molar-refractivity contribution is 0.310. The summed E-state index contributed by atoms with van der Waals surface area (Å²) in [7, 11) is -0.246. The Balaban J connectivity index is 1.96. The van der Waals surface area contributed by atoms with Crippen LogP contribution in [0.2, 0.25) is 0 Å². The van der Waals surface area contributed by atoms with E-state index in [0.29, 0.717) is 11.7 Å². The van der Waals surface area contributed by atoms with Crippen molar-refractivity contribution in [1.29, 1.82) is 0 Å². The number of likely N-dealkylation sites (tertiary alicyclic amines) is 1. The average Bonchev–Trinajstić information content (AvgIpc) is 2.97. The van der Waals surface area contributed by atoms with E-state index in [1.807, 2.05) is 18.3 Å². The molecule has 1 aromatic carbocycles. The summed E-state index contributed by atoms with van der Waals surface area (Å²) in [6.07, 6.45) is 5.48. The van der Waals surface area contributed by atoms with Crippen LogP contribution in [-0.4, -0.2) is 37.9 Å². The molecule has 1 fully saturated rings. The molecule has 1 aliphatic rings. The first-order chi connectivity index (χ1) is 9.63. The van der Waals surface area contributed by atoms with E-state index in [2.05, 4.69) is 21.3 Å². The summed E-state index contributed by atoms with van der Waals surface area (Å²) in [6.45, 7) is 1.16. The lowest BCUT2D eigenvalue weighted by Crippen LogP contribution is -2.26. The first-order valence-corrected chi connectivity index (χ1v) is 7.78. The number of nitrogens with one attached hydrogen (secondary N) is 1. The van der Waals surface area contributed by atoms with E-state index in [1.54, 1.807) is 6.07 Å². The van der Waals surface area contributed by atoms with Crippen LogP contribution in [0.15, 0.2) is 28.8 Å². The van der Waals surface area contributed by atoms with E-state index in [0.717, 1.165) is 23.9 Å². The smallest absolute Gasteiger partial charge is 0.316 e. The lowest BCUT2D eigenvalue weighted by atomic mass is 10.0. The minimum Gasteiger partial charge on any atom is -0.361 e. The molecular weight excluding hydrogens is 274 g/mol. The maximum absolute atomic E-state index is 10.7. The van der Waals surface area contributed by atoms with Crippen molar-refractivity contribution >= 4 is 27.1 Å². The Morgan fingerprint density at radius 2 is 2.30 bits per heavy atom. The molecule has 0 bridgehead atoms. The molecule has 1 atom stereocenters. The summed E-state index contributed by atoms with van der Waals surface area (Å²) in [5, 5.41) is 1.07. The molecule has 0 saturated carbocycles. The Morgan fingerprint density at radius 1 is 1.45 bits per heavy atom. The first-order valence-electron chi connectivity index (χ1n) is 6.75. The first kappa shape index (κ1) is 13.3. The second kappa shape index (κ2) is 5.38. The fourth-order valence-electron chi connectivity index (χ4n) is 2.97. The summed E-state index contributed by atoms with van der Waals surface area (Å²) in [5.41, 5.74) is 2.73. The molecule has 5 nitrogen and oxygen atoms in total. The molecule has 20 heavy (non-hydrogen) atoms. The average molecular weight is 291 g/mol. The van der Waals surface area contributed by atoms with Gasteiger partial charge in [-0.3, -0.25) is 0 Å². The van der Waals surface area contributed by atoms with Crippen LogP contribution in [0.3, 0.4) is 0 Å². The summed E-state index contributed by atoms with van der Waals surface area (Å²) in [5.74, 6) is 0. The Bertz CT molecular complexity index is 756. The SMILES string of the molecule is CN1CCCC1Cc1c[nH]c2ccc(N=S(=O)=O)cc12. The fraction of sp³-hybridized carbons (Fsp3) is 0.429. The molecule has 106 valence electrons. The van der Waals surface area contributed by atoms with Crippen LogP contribution in [0.25, 0.3) is 10.9 Å². The van der Waals surface area contributed by atoms with Crippen molar-refractivity contribution in [3.8, 4) is 0 Å². The Kier molecular flexibility index (Phi) is 3.58. The highest BCUT2D eigenvalue weighted by Gasteiger charge is 2.22. The third-order valence-electron chi connectivity index (χ3n) is 4.06. The van der Waals surface area contributed by atoms with Crippen LogP contribution in [-0.2, 0) is 16.9 Å². The number of benzene rings is 1. The number of likely N-dealkylation sites (N-methyl/N-ethyl adjacent to an activating group) is 1. The Morgan fingerprint density at radius 3 is 3.00 bits per heavy atom. The Hall–Kier alpha value is -1.66. The summed E-state index contributed by atoms with van der Waals surface area (Å²) < 4.78 is 24.9. The number of H-pyrrole nitrogens is 1. The van der Waals surface area contributed by atoms with E-state index in [1.165, 1.54) is 18.4 Å². The quantitative estimate of drug-likeness (QED) is 0.945. The molecule has 2 heterocycles. The number of aromatic nitrogens is 1. The predicted molar refractivity (Wildman–Crippen MR) is 78.7 cm³/mol. The van der Waals surface area contributed by atoms with Crippen molar-refractivity contribution in [2.24, 2.45) is 4.36 Å². The van der Waals surface area contributed by atoms with Gasteiger partial charge in [-0.1, -0.05) is 0 Å². The van der Waals surface area contributed by atoms with Gasteiger partial charge in [0.05, 0.1) is 5.69 Å². The normalized spacial score (nSPS) is 19.6. The minimum atomic E-state index is -2.41. The van der Waals surface area contributed by atoms with E-state index in [9.17, 15) is 8.42 Å². The van der Waals surface area contributed by atoms with Gasteiger partial charge in [0.1, 0.15) is 0 Å². The second-order valence-electron chi connectivity index (χ2n) is 5.33. The van der Waals surface area contributed by atoms with Crippen molar-refractivity contribution in [2.45, 2.75) is 25.3 Å². The van der Waals surface area contributed by atoms with Gasteiger partial charge in [-0.15, -0.1) is 4.36 Å². The molecule has 2 aromatic rings. The second-order valence-corrected chi connectivity index (χ2v) is 5.95. The van der Waals surface area contributed by atoms with Gasteiger partial charge in [-0.25, -0.2) is 0 Å². The summed E-state index contributed by atoms with van der Waals surface area (Å²) in [6, 6.07) is 6.00. The monoisotopic (exact) mass is 291 g/mol. The Labute approximate surface area is 119 Å². The highest BCUT2D eigenvalue weighted by Crippen LogP contribution is 2.27. The third kappa shape index (κ3) is 2.62. The lowest BCUT2D eigenvalue weighted by Gasteiger charge is -2.18. The molecule has 6 heteroatoms. The molecular formula is C14H17N3O2S. The predicted octanol–water partition coefficient (Wildman–Crippen LogP) is 2.50. The van der Waals surface area contributed by atoms with E-state index in [4.69, 9.17) is 0 Å². The molecule has 1 N–H and O–H groups in total. The molecule has 1 unspecified atom stereocenters. The van der Waals surface area contributed by atoms with Gasteiger partial charge >= 0.3 is 10.5 Å². The molecule has 0 amide bonds. The van der Waals surface area contributed by atoms with Gasteiger partial charge < -0.3 is 9.88 Å². The molecule has 1 saturated heterocycles. The number of fused-ring (bicyclic) bond motifs is 1. The zero-order valence-electron chi connectivity index (χ0n) is 11.3. The number of hydrogen-bond acceptors (Lipinski definition) is 4. The topological polar surface area (TPSA) is 65.5 Å². The largest absolute Gasteiger partial charge is 0.361 e. The van der Waals surface area contributed by atoms with Crippen molar-refractivity contribution in [3.63, 3.8) is 0 Å². The maximum Gasteiger partial charge on any atom is 0.316 e. The maximum atomic E-state index is 10.7. The number of nitrogens with zero attached hydrogens (tertiary/aromatic N) is 2. The molecule has 0 radical (unpaired) electrons. The van der Waals surface area contributed by atoms with E-state index in [-0.39, 0.29) is 0 Å². The van der Waals surface area contributed by atoms with Gasteiger partial charge in [0, 0.05) is 23.1 Å². The fourth-order valence-corrected chi connectivity index (χ4v) is 3.25. The van der Waals surface area contributed by atoms with Gasteiger partial charge in [0.15, 0.2) is 0 Å². The minimum absolute atomic E-state index is 0.478. The molecule has 1 aliphatic heterocycles. The zero-order valence-corrected chi connectivity index (χ0v) is 12.2. The van der Waals surface area contributed by atoms with Crippen LogP contribution >= 0.6 is 0 Å². The molecule has 0 aliphatic carbocycles. The highest BCUT2D eigenvalue weighted by atomic mass is 32.2. The van der Waals surface area contributed by atoms with Crippen molar-refractivity contribution in [2.75, 3.05) is 13.6 Å². The zero-order chi connectivity index (χ0) is 14.1. The third-order valence-corrected chi connectivity index (χ3v) is 4.42. The van der Waals surface area contributed by atoms with Gasteiger partial charge in [0.2, 0.25) is 0 Å². The van der Waals surface area contributed by atoms with Gasteiger partial charge in [-0.05, 0) is 56.6 Å². The highest BCUT2D eigenvalue weighted by molar-refractivity contribution is 7.61. The van der Waals surface area contributed by atoms with Gasteiger partial charge in [0.25, 0.3) is 0 Å². The molecule has 1 aromatic heterocycles.